The minimum Gasteiger partial charge on any atom is -0.382 e. The highest BCUT2D eigenvalue weighted by atomic mass is 19.1. The maximum Gasteiger partial charge on any atom is 0.149 e. The highest BCUT2D eigenvalue weighted by molar-refractivity contribution is 6.03. The number of hydrogen-bond acceptors (Lipinski definition) is 7. The summed E-state index contributed by atoms with van der Waals surface area (Å²) < 4.78 is 11.5. The van der Waals surface area contributed by atoms with Crippen molar-refractivity contribution in [1.82, 2.24) is 19.5 Å². The number of anilines is 2. The van der Waals surface area contributed by atoms with Crippen LogP contribution in [0.1, 0.15) is 43.5 Å². The predicted molar refractivity (Wildman–Crippen MR) is 132 cm³/mol. The van der Waals surface area contributed by atoms with Gasteiger partial charge in [0.1, 0.15) is 35.4 Å². The Kier molecular flexibility index (Phi) is 13.7. The second kappa shape index (κ2) is 15.7. The molecule has 8 nitrogen and oxygen atoms in total. The molecule has 3 N–H and O–H groups in total. The Morgan fingerprint density at radius 1 is 1.34 bits per heavy atom. The van der Waals surface area contributed by atoms with Crippen LogP contribution in [0.25, 0.3) is 11.8 Å². The van der Waals surface area contributed by atoms with Gasteiger partial charge in [0.2, 0.25) is 0 Å². The molecule has 2 aromatic heterocycles. The molecule has 0 saturated carbocycles. The SMILES string of the molecule is C=C/C=C\c1c(C)nc(CNc2ncnc(N)c2C#N)n1/C(C=NC=C)=C/C.CC.CF. The van der Waals surface area contributed by atoms with Gasteiger partial charge in [0.25, 0.3) is 0 Å². The van der Waals surface area contributed by atoms with Crippen LogP contribution in [0.5, 0.6) is 0 Å². The maximum absolute atomic E-state index is 9.50. The van der Waals surface area contributed by atoms with Crippen LogP contribution in [0.2, 0.25) is 0 Å². The summed E-state index contributed by atoms with van der Waals surface area (Å²) in [7, 11) is 0.500. The van der Waals surface area contributed by atoms with Crippen molar-refractivity contribution in [1.29, 1.82) is 5.26 Å². The van der Waals surface area contributed by atoms with Gasteiger partial charge in [-0.05, 0) is 19.9 Å². The molecule has 9 heteroatoms. The van der Waals surface area contributed by atoms with Gasteiger partial charge in [-0.1, -0.05) is 45.2 Å². The third kappa shape index (κ3) is 7.32. The Labute approximate surface area is 189 Å². The normalized spacial score (nSPS) is 10.6. The predicted octanol–water partition coefficient (Wildman–Crippen LogP) is 4.93. The summed E-state index contributed by atoms with van der Waals surface area (Å²) >= 11 is 0. The molecular formula is C23H31FN8. The lowest BCUT2D eigenvalue weighted by Gasteiger charge is -2.12. The number of nitrogens with one attached hydrogen (secondary N) is 1. The first-order valence-electron chi connectivity index (χ1n) is 9.87. The summed E-state index contributed by atoms with van der Waals surface area (Å²) in [6.45, 7) is 15.5. The number of rotatable bonds is 8. The molecule has 0 amide bonds. The number of aryl methyl sites for hydroxylation is 1. The molecule has 0 spiro atoms. The van der Waals surface area contributed by atoms with E-state index in [1.807, 2.05) is 56.6 Å². The van der Waals surface area contributed by atoms with Gasteiger partial charge in [-0.2, -0.15) is 5.26 Å². The number of nitrogens with two attached hydrogens (primary N) is 1. The van der Waals surface area contributed by atoms with Crippen LogP contribution < -0.4 is 11.1 Å². The smallest absolute Gasteiger partial charge is 0.149 e. The summed E-state index contributed by atoms with van der Waals surface area (Å²) in [5, 5.41) is 12.4. The number of nitrogen functional groups attached to an aromatic ring is 1. The third-order valence-corrected chi connectivity index (χ3v) is 3.83. The lowest BCUT2D eigenvalue weighted by molar-refractivity contribution is 0.636. The Hall–Kier alpha value is -4.06. The first-order chi connectivity index (χ1) is 15.6. The quantitative estimate of drug-likeness (QED) is 0.445. The molecule has 0 fully saturated rings. The highest BCUT2D eigenvalue weighted by Gasteiger charge is 2.16. The Bertz CT molecular complexity index is 1010. The standard InChI is InChI=1S/C20H22N8.C2H6.CH3F/c1-5-8-9-17-14(4)27-18(28(17)15(6-2)11-23-7-3)12-24-20-16(10-21)19(22)25-13-26-20;2*1-2/h5-9,11,13H,1,3,12H2,2,4H3,(H3,22,24,25,26);1-2H3;1H3/b9-8-,15-6+,23-11?;;. The van der Waals surface area contributed by atoms with Crippen LogP contribution in [0, 0.1) is 18.3 Å². The van der Waals surface area contributed by atoms with Gasteiger partial charge in [0.15, 0.2) is 0 Å². The van der Waals surface area contributed by atoms with Crippen LogP contribution in [0.4, 0.5) is 16.0 Å². The molecule has 32 heavy (non-hydrogen) atoms. The molecule has 2 aromatic rings. The Morgan fingerprint density at radius 3 is 2.59 bits per heavy atom. The van der Waals surface area contributed by atoms with Crippen molar-refractivity contribution in [3.63, 3.8) is 0 Å². The van der Waals surface area contributed by atoms with E-state index >= 15 is 0 Å². The van der Waals surface area contributed by atoms with Crippen molar-refractivity contribution in [2.75, 3.05) is 18.2 Å². The number of halogens is 1. The molecule has 2 rings (SSSR count). The van der Waals surface area contributed by atoms with Gasteiger partial charge in [-0.15, -0.1) is 0 Å². The third-order valence-electron chi connectivity index (χ3n) is 3.83. The van der Waals surface area contributed by atoms with Crippen LogP contribution in [-0.2, 0) is 6.54 Å². The van der Waals surface area contributed by atoms with E-state index in [9.17, 15) is 9.65 Å². The zero-order chi connectivity index (χ0) is 24.5. The van der Waals surface area contributed by atoms with Crippen molar-refractivity contribution in [3.8, 4) is 6.07 Å². The number of nitrogens with zero attached hydrogens (tertiary/aromatic N) is 6. The summed E-state index contributed by atoms with van der Waals surface area (Å²) in [5.74, 6) is 1.19. The minimum absolute atomic E-state index is 0.126. The van der Waals surface area contributed by atoms with Crippen LogP contribution >= 0.6 is 0 Å². The average molecular weight is 439 g/mol. The van der Waals surface area contributed by atoms with E-state index in [0.717, 1.165) is 17.1 Å². The van der Waals surface area contributed by atoms with E-state index in [1.165, 1.54) is 12.5 Å². The molecule has 0 atom stereocenters. The lowest BCUT2D eigenvalue weighted by atomic mass is 10.3. The van der Waals surface area contributed by atoms with Gasteiger partial charge in [0, 0.05) is 6.20 Å². The van der Waals surface area contributed by atoms with E-state index in [-0.39, 0.29) is 11.4 Å². The van der Waals surface area contributed by atoms with E-state index in [1.54, 1.807) is 12.3 Å². The number of imidazole rings is 1. The van der Waals surface area contributed by atoms with Crippen LogP contribution in [0.15, 0.2) is 48.9 Å². The molecule has 2 heterocycles. The Balaban J connectivity index is 0.00000227. The zero-order valence-corrected chi connectivity index (χ0v) is 19.3. The number of alkyl halides is 1. The number of aliphatic imine (C=N–C) groups is 1. The molecule has 0 aliphatic heterocycles. The molecular weight excluding hydrogens is 407 g/mol. The fourth-order valence-electron chi connectivity index (χ4n) is 2.56. The van der Waals surface area contributed by atoms with Crippen LogP contribution in [0.3, 0.4) is 0 Å². The molecule has 170 valence electrons. The number of aromatic nitrogens is 4. The fraction of sp³-hybridized carbons (Fsp3) is 0.261. The van der Waals surface area contributed by atoms with E-state index < -0.39 is 0 Å². The average Bonchev–Trinajstić information content (AvgIpc) is 3.14. The minimum atomic E-state index is 0.126. The molecule has 0 saturated heterocycles. The Morgan fingerprint density at radius 2 is 2.03 bits per heavy atom. The van der Waals surface area contributed by atoms with Crippen molar-refractivity contribution >= 4 is 29.6 Å². The highest BCUT2D eigenvalue weighted by Crippen LogP contribution is 2.21. The van der Waals surface area contributed by atoms with Crippen molar-refractivity contribution in [2.24, 2.45) is 4.99 Å². The topological polar surface area (TPSA) is 118 Å². The summed E-state index contributed by atoms with van der Waals surface area (Å²) in [6.07, 6.45) is 11.9. The van der Waals surface area contributed by atoms with Gasteiger partial charge in [0.05, 0.1) is 37.0 Å². The van der Waals surface area contributed by atoms with Crippen molar-refractivity contribution in [3.05, 3.63) is 66.7 Å². The second-order valence-corrected chi connectivity index (χ2v) is 5.55. The van der Waals surface area contributed by atoms with Crippen molar-refractivity contribution in [2.45, 2.75) is 34.2 Å². The van der Waals surface area contributed by atoms with Gasteiger partial charge >= 0.3 is 0 Å². The molecule has 0 radical (unpaired) electrons. The van der Waals surface area contributed by atoms with Gasteiger partial charge in [-0.3, -0.25) is 13.9 Å². The van der Waals surface area contributed by atoms with Gasteiger partial charge < -0.3 is 11.1 Å². The lowest BCUT2D eigenvalue weighted by Crippen LogP contribution is -2.12. The van der Waals surface area contributed by atoms with E-state index in [2.05, 4.69) is 38.4 Å². The number of allylic oxidation sites excluding steroid dienone is 4. The monoisotopic (exact) mass is 438 g/mol. The molecule has 0 aliphatic rings. The maximum atomic E-state index is 9.50. The summed E-state index contributed by atoms with van der Waals surface area (Å²) in [5.41, 5.74) is 8.50. The summed E-state index contributed by atoms with van der Waals surface area (Å²) in [6, 6.07) is 2.02. The number of hydrogen-bond donors (Lipinski definition) is 2. The van der Waals surface area contributed by atoms with Gasteiger partial charge in [-0.25, -0.2) is 15.0 Å². The first-order valence-corrected chi connectivity index (χ1v) is 9.87. The second-order valence-electron chi connectivity index (χ2n) is 5.55. The number of nitriles is 1. The van der Waals surface area contributed by atoms with E-state index in [4.69, 9.17) is 5.73 Å². The van der Waals surface area contributed by atoms with E-state index in [0.29, 0.717) is 25.4 Å². The summed E-state index contributed by atoms with van der Waals surface area (Å²) in [4.78, 5) is 16.7. The first kappa shape index (κ1) is 27.9. The molecule has 0 aromatic carbocycles. The largest absolute Gasteiger partial charge is 0.382 e. The zero-order valence-electron chi connectivity index (χ0n) is 19.3. The molecule has 0 bridgehead atoms. The molecule has 0 unspecified atom stereocenters. The van der Waals surface area contributed by atoms with Crippen LogP contribution in [-0.4, -0.2) is 32.9 Å². The fourth-order valence-corrected chi connectivity index (χ4v) is 2.56. The molecule has 0 aliphatic carbocycles. The van der Waals surface area contributed by atoms with Crippen molar-refractivity contribution < 1.29 is 4.39 Å².